The summed E-state index contributed by atoms with van der Waals surface area (Å²) in [7, 11) is 0. The van der Waals surface area contributed by atoms with Gasteiger partial charge < -0.3 is 5.32 Å². The van der Waals surface area contributed by atoms with Crippen molar-refractivity contribution in [1.29, 1.82) is 0 Å². The topological polar surface area (TPSA) is 46.9 Å². The summed E-state index contributed by atoms with van der Waals surface area (Å²) in [6.45, 7) is 2.04. The molecule has 0 saturated heterocycles. The number of aromatic nitrogens is 2. The molecule has 0 spiro atoms. The van der Waals surface area contributed by atoms with Gasteiger partial charge in [0, 0.05) is 11.4 Å². The summed E-state index contributed by atoms with van der Waals surface area (Å²) in [5.74, 6) is -0.421. The van der Waals surface area contributed by atoms with Crippen molar-refractivity contribution in [2.75, 3.05) is 11.1 Å². The Bertz CT molecular complexity index is 1140. The van der Waals surface area contributed by atoms with Gasteiger partial charge in [-0.05, 0) is 49.4 Å². The molecular weight excluding hydrogens is 373 g/mol. The fraction of sp³-hybridized carbons (Fsp3) is 0.0909. The molecule has 140 valence electrons. The summed E-state index contributed by atoms with van der Waals surface area (Å²) < 4.78 is 15.3. The van der Waals surface area contributed by atoms with Crippen molar-refractivity contribution in [2.24, 2.45) is 0 Å². The summed E-state index contributed by atoms with van der Waals surface area (Å²) in [6, 6.07) is 21.9. The van der Waals surface area contributed by atoms with Gasteiger partial charge in [-0.1, -0.05) is 47.7 Å². The lowest BCUT2D eigenvalue weighted by Crippen LogP contribution is -2.14. The summed E-state index contributed by atoms with van der Waals surface area (Å²) in [5, 5.41) is 3.45. The van der Waals surface area contributed by atoms with E-state index >= 15 is 0 Å². The van der Waals surface area contributed by atoms with Crippen LogP contribution in [0.4, 0.5) is 10.1 Å². The first kappa shape index (κ1) is 18.3. The van der Waals surface area contributed by atoms with Gasteiger partial charge in [-0.15, -0.1) is 0 Å². The Kier molecular flexibility index (Phi) is 5.12. The highest BCUT2D eigenvalue weighted by atomic mass is 32.2. The van der Waals surface area contributed by atoms with Crippen LogP contribution in [0.2, 0.25) is 0 Å². The third-order valence-corrected chi connectivity index (χ3v) is 5.20. The molecule has 4 aromatic rings. The van der Waals surface area contributed by atoms with E-state index < -0.39 is 0 Å². The number of carbonyl (C=O) groups is 1. The molecule has 0 saturated carbocycles. The average molecular weight is 391 g/mol. The van der Waals surface area contributed by atoms with E-state index in [9.17, 15) is 9.18 Å². The number of hydrogen-bond acceptors (Lipinski definition) is 3. The number of thioether (sulfide) groups is 1. The summed E-state index contributed by atoms with van der Waals surface area (Å²) >= 11 is 1.35. The minimum Gasteiger partial charge on any atom is -0.325 e. The van der Waals surface area contributed by atoms with Crippen molar-refractivity contribution in [2.45, 2.75) is 12.1 Å². The Morgan fingerprint density at radius 2 is 1.86 bits per heavy atom. The lowest BCUT2D eigenvalue weighted by Gasteiger charge is -2.10. The molecule has 6 heteroatoms. The summed E-state index contributed by atoms with van der Waals surface area (Å²) in [4.78, 5) is 17.0. The van der Waals surface area contributed by atoms with Crippen LogP contribution >= 0.6 is 11.8 Å². The molecule has 0 atom stereocenters. The number of amides is 1. The molecule has 0 fully saturated rings. The third kappa shape index (κ3) is 3.92. The van der Waals surface area contributed by atoms with Gasteiger partial charge in [-0.25, -0.2) is 9.37 Å². The summed E-state index contributed by atoms with van der Waals surface area (Å²) in [6.07, 6.45) is 0. The van der Waals surface area contributed by atoms with Crippen molar-refractivity contribution in [3.8, 4) is 5.69 Å². The van der Waals surface area contributed by atoms with Crippen molar-refractivity contribution in [3.05, 3.63) is 84.2 Å². The second-order valence-corrected chi connectivity index (χ2v) is 7.34. The number of hydrogen-bond donors (Lipinski definition) is 1. The zero-order chi connectivity index (χ0) is 19.5. The molecule has 4 nitrogen and oxygen atoms in total. The van der Waals surface area contributed by atoms with Gasteiger partial charge in [0.2, 0.25) is 5.91 Å². The molecule has 0 aliphatic heterocycles. The van der Waals surface area contributed by atoms with Crippen LogP contribution in [-0.2, 0) is 4.79 Å². The molecule has 0 radical (unpaired) electrons. The van der Waals surface area contributed by atoms with Gasteiger partial charge in [0.15, 0.2) is 5.16 Å². The third-order valence-electron chi connectivity index (χ3n) is 4.26. The fourth-order valence-electron chi connectivity index (χ4n) is 2.94. The molecule has 4 rings (SSSR count). The molecule has 3 aromatic carbocycles. The van der Waals surface area contributed by atoms with Crippen molar-refractivity contribution in [3.63, 3.8) is 0 Å². The van der Waals surface area contributed by atoms with Gasteiger partial charge in [-0.3, -0.25) is 9.36 Å². The number of benzene rings is 3. The Balaban J connectivity index is 1.59. The molecule has 1 amide bonds. The highest BCUT2D eigenvalue weighted by Gasteiger charge is 2.14. The van der Waals surface area contributed by atoms with Crippen molar-refractivity contribution in [1.82, 2.24) is 9.55 Å². The van der Waals surface area contributed by atoms with E-state index in [-0.39, 0.29) is 17.5 Å². The molecule has 1 heterocycles. The zero-order valence-corrected chi connectivity index (χ0v) is 16.0. The number of anilines is 1. The van der Waals surface area contributed by atoms with Crippen LogP contribution < -0.4 is 5.32 Å². The highest BCUT2D eigenvalue weighted by Crippen LogP contribution is 2.28. The van der Waals surface area contributed by atoms with Crippen LogP contribution in [0.3, 0.4) is 0 Å². The summed E-state index contributed by atoms with van der Waals surface area (Å²) in [5.41, 5.74) is 4.47. The highest BCUT2D eigenvalue weighted by molar-refractivity contribution is 7.99. The fourth-order valence-corrected chi connectivity index (χ4v) is 3.77. The maximum Gasteiger partial charge on any atom is 0.234 e. The van der Waals surface area contributed by atoms with Gasteiger partial charge in [0.25, 0.3) is 0 Å². The Labute approximate surface area is 166 Å². The molecular formula is C22H18FN3OS. The van der Waals surface area contributed by atoms with Crippen LogP contribution in [0.5, 0.6) is 0 Å². The minimum absolute atomic E-state index is 0.172. The van der Waals surface area contributed by atoms with Gasteiger partial charge in [0.1, 0.15) is 5.82 Å². The second kappa shape index (κ2) is 7.86. The van der Waals surface area contributed by atoms with E-state index in [1.807, 2.05) is 43.3 Å². The van der Waals surface area contributed by atoms with E-state index in [1.54, 1.807) is 12.1 Å². The number of rotatable bonds is 5. The zero-order valence-electron chi connectivity index (χ0n) is 15.2. The number of nitrogens with zero attached hydrogens (tertiary/aromatic N) is 2. The quantitative estimate of drug-likeness (QED) is 0.476. The smallest absolute Gasteiger partial charge is 0.234 e. The van der Waals surface area contributed by atoms with E-state index in [0.29, 0.717) is 5.69 Å². The Morgan fingerprint density at radius 3 is 2.64 bits per heavy atom. The Hall–Kier alpha value is -3.12. The number of nitrogens with one attached hydrogen (secondary N) is 1. The standard InChI is InChI=1S/C22H18FN3OS/c1-15-9-11-18(12-10-15)26-20-8-3-2-7-19(20)25-22(26)28-14-21(27)24-17-6-4-5-16(23)13-17/h2-13H,14H2,1H3,(H,24,27). The number of halogens is 1. The molecule has 1 aromatic heterocycles. The van der Waals surface area contributed by atoms with Gasteiger partial charge in [0.05, 0.1) is 16.8 Å². The average Bonchev–Trinajstić information content (AvgIpc) is 3.05. The van der Waals surface area contributed by atoms with Crippen LogP contribution in [0.25, 0.3) is 16.7 Å². The van der Waals surface area contributed by atoms with Crippen LogP contribution in [0, 0.1) is 12.7 Å². The molecule has 0 unspecified atom stereocenters. The first-order chi connectivity index (χ1) is 13.6. The lowest BCUT2D eigenvalue weighted by atomic mass is 10.2. The number of para-hydroxylation sites is 2. The van der Waals surface area contributed by atoms with Crippen LogP contribution in [-0.4, -0.2) is 21.2 Å². The first-order valence-corrected chi connectivity index (χ1v) is 9.81. The maximum absolute atomic E-state index is 13.3. The maximum atomic E-state index is 13.3. The molecule has 28 heavy (non-hydrogen) atoms. The van der Waals surface area contributed by atoms with E-state index in [1.165, 1.54) is 29.5 Å². The van der Waals surface area contributed by atoms with E-state index in [4.69, 9.17) is 4.98 Å². The second-order valence-electron chi connectivity index (χ2n) is 6.40. The monoisotopic (exact) mass is 391 g/mol. The molecule has 0 aliphatic rings. The SMILES string of the molecule is Cc1ccc(-n2c(SCC(=O)Nc3cccc(F)c3)nc3ccccc32)cc1. The van der Waals surface area contributed by atoms with E-state index in [2.05, 4.69) is 22.0 Å². The number of imidazole rings is 1. The number of carbonyl (C=O) groups excluding carboxylic acids is 1. The predicted molar refractivity (Wildman–Crippen MR) is 112 cm³/mol. The predicted octanol–water partition coefficient (Wildman–Crippen LogP) is 5.20. The largest absolute Gasteiger partial charge is 0.325 e. The Morgan fingerprint density at radius 1 is 1.07 bits per heavy atom. The normalized spacial score (nSPS) is 10.9. The van der Waals surface area contributed by atoms with Gasteiger partial charge in [-0.2, -0.15) is 0 Å². The van der Waals surface area contributed by atoms with Crippen LogP contribution in [0.1, 0.15) is 5.56 Å². The van der Waals surface area contributed by atoms with Crippen LogP contribution in [0.15, 0.2) is 78.0 Å². The first-order valence-electron chi connectivity index (χ1n) is 8.83. The van der Waals surface area contributed by atoms with Crippen molar-refractivity contribution < 1.29 is 9.18 Å². The molecule has 0 aliphatic carbocycles. The molecule has 1 N–H and O–H groups in total. The van der Waals surface area contributed by atoms with E-state index in [0.717, 1.165) is 21.9 Å². The van der Waals surface area contributed by atoms with Crippen molar-refractivity contribution >= 4 is 34.4 Å². The minimum atomic E-state index is -0.383. The molecule has 0 bridgehead atoms. The number of fused-ring (bicyclic) bond motifs is 1. The van der Waals surface area contributed by atoms with Gasteiger partial charge >= 0.3 is 0 Å². The lowest BCUT2D eigenvalue weighted by molar-refractivity contribution is -0.113. The number of aryl methyl sites for hydroxylation is 1.